The highest BCUT2D eigenvalue weighted by Crippen LogP contribution is 2.22. The fourth-order valence-corrected chi connectivity index (χ4v) is 2.66. The number of thiazole rings is 1. The number of Topliss-reactive ketones (excluding diaryl/α,β-unsaturated/α-hetero) is 1. The molecule has 0 aliphatic rings. The van der Waals surface area contributed by atoms with Crippen LogP contribution in [0, 0.1) is 6.92 Å². The van der Waals surface area contributed by atoms with Gasteiger partial charge in [-0.25, -0.2) is 4.98 Å². The fourth-order valence-electron chi connectivity index (χ4n) is 1.67. The van der Waals surface area contributed by atoms with Gasteiger partial charge >= 0.3 is 0 Å². The zero-order chi connectivity index (χ0) is 15.4. The lowest BCUT2D eigenvalue weighted by Gasteiger charge is -1.96. The van der Waals surface area contributed by atoms with Crippen molar-refractivity contribution < 1.29 is 9.59 Å². The van der Waals surface area contributed by atoms with E-state index in [-0.39, 0.29) is 11.7 Å². The van der Waals surface area contributed by atoms with E-state index in [1.165, 1.54) is 24.3 Å². The number of halogens is 1. The Hall–Kier alpha value is -1.98. The summed E-state index contributed by atoms with van der Waals surface area (Å²) in [6.45, 7) is 3.22. The molecule has 0 spiro atoms. The third kappa shape index (κ3) is 4.24. The number of hydrogen-bond donors (Lipinski definition) is 1. The Morgan fingerprint density at radius 1 is 1.29 bits per heavy atom. The molecule has 4 nitrogen and oxygen atoms in total. The van der Waals surface area contributed by atoms with Gasteiger partial charge in [0.2, 0.25) is 5.91 Å². The topological polar surface area (TPSA) is 59.1 Å². The number of carbonyl (C=O) groups is 2. The molecule has 0 unspecified atom stereocenters. The first-order chi connectivity index (χ1) is 9.95. The number of carbonyl (C=O) groups excluding carboxylic acids is 2. The van der Waals surface area contributed by atoms with Gasteiger partial charge in [-0.15, -0.1) is 0 Å². The Kier molecular flexibility index (Phi) is 4.88. The Bertz CT molecular complexity index is 705. The number of nitrogens with zero attached hydrogens (tertiary/aromatic N) is 1. The third-order valence-corrected chi connectivity index (χ3v) is 4.07. The molecule has 1 amide bonds. The van der Waals surface area contributed by atoms with Crippen molar-refractivity contribution in [2.45, 2.75) is 13.8 Å². The van der Waals surface area contributed by atoms with Crippen LogP contribution >= 0.6 is 22.9 Å². The maximum absolute atomic E-state index is 11.8. The average molecular weight is 321 g/mol. The number of nitrogens with one attached hydrogen (secondary N) is 1. The minimum Gasteiger partial charge on any atom is -0.298 e. The monoisotopic (exact) mass is 320 g/mol. The number of hydrogen-bond acceptors (Lipinski definition) is 4. The second kappa shape index (κ2) is 6.65. The Morgan fingerprint density at radius 3 is 2.52 bits per heavy atom. The highest BCUT2D eigenvalue weighted by Gasteiger charge is 2.12. The first-order valence-electron chi connectivity index (χ1n) is 6.18. The molecule has 1 N–H and O–H groups in total. The van der Waals surface area contributed by atoms with Gasteiger partial charge in [-0.3, -0.25) is 14.9 Å². The number of aryl methyl sites for hydroxylation is 1. The number of ketones is 1. The summed E-state index contributed by atoms with van der Waals surface area (Å²) in [4.78, 5) is 27.9. The molecule has 1 aromatic heterocycles. The first-order valence-corrected chi connectivity index (χ1v) is 7.38. The van der Waals surface area contributed by atoms with Crippen LogP contribution in [0.25, 0.3) is 6.08 Å². The molecule has 0 saturated heterocycles. The average Bonchev–Trinajstić information content (AvgIpc) is 2.79. The molecule has 2 aromatic rings. The van der Waals surface area contributed by atoms with Gasteiger partial charge in [0.15, 0.2) is 10.9 Å². The van der Waals surface area contributed by atoms with Crippen LogP contribution in [-0.2, 0) is 4.79 Å². The highest BCUT2D eigenvalue weighted by atomic mass is 35.5. The normalized spacial score (nSPS) is 10.8. The molecule has 0 fully saturated rings. The molecular formula is C15H13ClN2O2S. The Labute approximate surface area is 131 Å². The van der Waals surface area contributed by atoms with Crippen molar-refractivity contribution in [3.63, 3.8) is 0 Å². The molecule has 108 valence electrons. The number of anilines is 1. The second-order valence-electron chi connectivity index (χ2n) is 4.36. The van der Waals surface area contributed by atoms with Gasteiger partial charge in [-0.2, -0.15) is 0 Å². The van der Waals surface area contributed by atoms with Crippen molar-refractivity contribution in [2.75, 3.05) is 5.32 Å². The van der Waals surface area contributed by atoms with Crippen LogP contribution < -0.4 is 5.32 Å². The van der Waals surface area contributed by atoms with Crippen molar-refractivity contribution in [3.05, 3.63) is 51.5 Å². The number of aromatic nitrogens is 1. The van der Waals surface area contributed by atoms with E-state index < -0.39 is 0 Å². The van der Waals surface area contributed by atoms with E-state index >= 15 is 0 Å². The fraction of sp³-hybridized carbons (Fsp3) is 0.133. The van der Waals surface area contributed by atoms with E-state index in [2.05, 4.69) is 10.3 Å². The summed E-state index contributed by atoms with van der Waals surface area (Å²) in [5.74, 6) is -0.351. The van der Waals surface area contributed by atoms with Gasteiger partial charge in [0.05, 0.1) is 10.6 Å². The third-order valence-electron chi connectivity index (χ3n) is 2.64. The lowest BCUT2D eigenvalue weighted by molar-refractivity contribution is -0.111. The van der Waals surface area contributed by atoms with Gasteiger partial charge < -0.3 is 0 Å². The van der Waals surface area contributed by atoms with Gasteiger partial charge in [0.1, 0.15) is 0 Å². The summed E-state index contributed by atoms with van der Waals surface area (Å²) >= 11 is 6.96. The molecule has 1 heterocycles. The van der Waals surface area contributed by atoms with Crippen LogP contribution in [0.15, 0.2) is 30.3 Å². The summed E-state index contributed by atoms with van der Waals surface area (Å²) in [5, 5.41) is 3.71. The van der Waals surface area contributed by atoms with Gasteiger partial charge in [-0.1, -0.05) is 35.1 Å². The summed E-state index contributed by atoms with van der Waals surface area (Å²) in [7, 11) is 0. The molecule has 0 saturated carbocycles. The van der Waals surface area contributed by atoms with E-state index in [1.807, 2.05) is 12.1 Å². The van der Waals surface area contributed by atoms with Crippen LogP contribution in [0.4, 0.5) is 5.13 Å². The molecule has 0 radical (unpaired) electrons. The maximum Gasteiger partial charge on any atom is 0.250 e. The van der Waals surface area contributed by atoms with E-state index in [9.17, 15) is 9.59 Å². The summed E-state index contributed by atoms with van der Waals surface area (Å²) < 4.78 is 0. The van der Waals surface area contributed by atoms with Crippen molar-refractivity contribution in [2.24, 2.45) is 0 Å². The largest absolute Gasteiger partial charge is 0.298 e. The molecule has 0 bridgehead atoms. The lowest BCUT2D eigenvalue weighted by Crippen LogP contribution is -2.07. The summed E-state index contributed by atoms with van der Waals surface area (Å²) in [6, 6.07) is 7.13. The van der Waals surface area contributed by atoms with Crippen molar-refractivity contribution >= 4 is 45.8 Å². The molecule has 0 aliphatic heterocycles. The van der Waals surface area contributed by atoms with Gasteiger partial charge in [0, 0.05) is 18.0 Å². The van der Waals surface area contributed by atoms with Crippen molar-refractivity contribution in [3.8, 4) is 0 Å². The second-order valence-corrected chi connectivity index (χ2v) is 5.80. The smallest absolute Gasteiger partial charge is 0.250 e. The highest BCUT2D eigenvalue weighted by molar-refractivity contribution is 7.17. The SMILES string of the molecule is CC(=O)c1sc(NC(=O)C=Cc2ccc(Cl)cc2)nc1C. The van der Waals surface area contributed by atoms with Gasteiger partial charge in [-0.05, 0) is 30.7 Å². The van der Waals surface area contributed by atoms with E-state index in [0.29, 0.717) is 20.7 Å². The van der Waals surface area contributed by atoms with Crippen LogP contribution in [0.2, 0.25) is 5.02 Å². The lowest BCUT2D eigenvalue weighted by atomic mass is 10.2. The van der Waals surface area contributed by atoms with Crippen LogP contribution in [0.5, 0.6) is 0 Å². The van der Waals surface area contributed by atoms with Crippen molar-refractivity contribution in [1.29, 1.82) is 0 Å². The molecule has 0 atom stereocenters. The van der Waals surface area contributed by atoms with Crippen LogP contribution in [0.3, 0.4) is 0 Å². The predicted molar refractivity (Wildman–Crippen MR) is 86.0 cm³/mol. The molecule has 21 heavy (non-hydrogen) atoms. The Balaban J connectivity index is 2.03. The van der Waals surface area contributed by atoms with Crippen LogP contribution in [0.1, 0.15) is 27.9 Å². The molecule has 6 heteroatoms. The summed E-state index contributed by atoms with van der Waals surface area (Å²) in [6.07, 6.45) is 3.09. The van der Waals surface area contributed by atoms with E-state index in [0.717, 1.165) is 5.56 Å². The van der Waals surface area contributed by atoms with Crippen LogP contribution in [-0.4, -0.2) is 16.7 Å². The molecule has 1 aromatic carbocycles. The first kappa shape index (κ1) is 15.4. The minimum atomic E-state index is -0.297. The van der Waals surface area contributed by atoms with E-state index in [1.54, 1.807) is 25.1 Å². The Morgan fingerprint density at radius 2 is 1.95 bits per heavy atom. The van der Waals surface area contributed by atoms with Crippen molar-refractivity contribution in [1.82, 2.24) is 4.98 Å². The molecule has 2 rings (SSSR count). The van der Waals surface area contributed by atoms with Gasteiger partial charge in [0.25, 0.3) is 0 Å². The predicted octanol–water partition coefficient (Wildman–Crippen LogP) is 3.96. The number of rotatable bonds is 4. The summed E-state index contributed by atoms with van der Waals surface area (Å²) in [5.41, 5.74) is 1.50. The number of benzene rings is 1. The van der Waals surface area contributed by atoms with E-state index in [4.69, 9.17) is 11.6 Å². The quantitative estimate of drug-likeness (QED) is 0.685. The zero-order valence-electron chi connectivity index (χ0n) is 11.5. The molecular weight excluding hydrogens is 308 g/mol. The standard InChI is InChI=1S/C15H13ClN2O2S/c1-9-14(10(2)19)21-15(17-9)18-13(20)8-5-11-3-6-12(16)7-4-11/h3-8H,1-2H3,(H,17,18,20). The zero-order valence-corrected chi connectivity index (χ0v) is 13.1. The number of amides is 1. The maximum atomic E-state index is 11.8. The molecule has 0 aliphatic carbocycles. The minimum absolute atomic E-state index is 0.0535.